The lowest BCUT2D eigenvalue weighted by Crippen LogP contribution is -2.35. The zero-order chi connectivity index (χ0) is 27.0. The largest absolute Gasteiger partial charge is 0.508 e. The van der Waals surface area contributed by atoms with E-state index in [1.807, 2.05) is 12.1 Å². The van der Waals surface area contributed by atoms with Crippen molar-refractivity contribution in [1.29, 1.82) is 0 Å². The lowest BCUT2D eigenvalue weighted by molar-refractivity contribution is 0.268. The third-order valence-corrected chi connectivity index (χ3v) is 8.25. The number of nitrogens with one attached hydrogen (secondary N) is 1. The maximum atomic E-state index is 9.99. The Hall–Kier alpha value is -3.22. The van der Waals surface area contributed by atoms with Gasteiger partial charge in [-0.2, -0.15) is 0 Å². The fourth-order valence-electron chi connectivity index (χ4n) is 6.08. The van der Waals surface area contributed by atoms with Crippen LogP contribution in [-0.4, -0.2) is 49.7 Å². The normalized spacial score (nSPS) is 18.8. The number of ether oxygens (including phenoxy) is 2. The second kappa shape index (κ2) is 13.2. The van der Waals surface area contributed by atoms with Gasteiger partial charge in [0.2, 0.25) is 0 Å². The third-order valence-electron chi connectivity index (χ3n) is 8.25. The highest BCUT2D eigenvalue weighted by atomic mass is 16.5. The monoisotopic (exact) mass is 530 g/mol. The first-order valence-corrected chi connectivity index (χ1v) is 14.4. The molecule has 0 radical (unpaired) electrons. The summed E-state index contributed by atoms with van der Waals surface area (Å²) in [6.45, 7) is 3.14. The molecule has 3 aromatic carbocycles. The van der Waals surface area contributed by atoms with Gasteiger partial charge in [0.25, 0.3) is 0 Å². The van der Waals surface area contributed by atoms with E-state index in [9.17, 15) is 10.2 Å². The average molecular weight is 531 g/mol. The molecule has 2 aliphatic rings. The van der Waals surface area contributed by atoms with E-state index in [1.54, 1.807) is 13.2 Å². The first kappa shape index (κ1) is 27.4. The van der Waals surface area contributed by atoms with Crippen LogP contribution >= 0.6 is 0 Å². The Balaban J connectivity index is 1.29. The summed E-state index contributed by atoms with van der Waals surface area (Å²) < 4.78 is 11.6. The van der Waals surface area contributed by atoms with Gasteiger partial charge in [-0.15, -0.1) is 0 Å². The SMILES string of the molecule is COc1ccc([C@@H]2CCc3cc(O)ccc3C2)c(N(CCO)Cc2ccc(OCCC3CCCCN3)cc2)c1. The molecule has 0 aromatic heterocycles. The minimum atomic E-state index is 0.0693. The summed E-state index contributed by atoms with van der Waals surface area (Å²) in [6.07, 6.45) is 7.77. The smallest absolute Gasteiger partial charge is 0.120 e. The van der Waals surface area contributed by atoms with Gasteiger partial charge in [0.1, 0.15) is 17.2 Å². The Kier molecular flexibility index (Phi) is 9.27. The van der Waals surface area contributed by atoms with Crippen molar-refractivity contribution in [3.8, 4) is 17.2 Å². The van der Waals surface area contributed by atoms with Crippen LogP contribution in [0.5, 0.6) is 17.2 Å². The van der Waals surface area contributed by atoms with E-state index in [-0.39, 0.29) is 6.61 Å². The predicted molar refractivity (Wildman–Crippen MR) is 156 cm³/mol. The number of nitrogens with zero attached hydrogens (tertiary/aromatic N) is 1. The first-order chi connectivity index (χ1) is 19.1. The Morgan fingerprint density at radius 3 is 2.56 bits per heavy atom. The number of piperidine rings is 1. The van der Waals surface area contributed by atoms with Gasteiger partial charge in [-0.25, -0.2) is 0 Å². The maximum absolute atomic E-state index is 9.99. The highest BCUT2D eigenvalue weighted by Gasteiger charge is 2.25. The summed E-state index contributed by atoms with van der Waals surface area (Å²) in [7, 11) is 1.70. The molecule has 208 valence electrons. The summed E-state index contributed by atoms with van der Waals surface area (Å²) in [5, 5.41) is 23.5. The molecule has 1 aliphatic heterocycles. The number of hydrogen-bond acceptors (Lipinski definition) is 6. The van der Waals surface area contributed by atoms with E-state index in [4.69, 9.17) is 9.47 Å². The van der Waals surface area contributed by atoms with Crippen molar-refractivity contribution in [3.05, 3.63) is 82.9 Å². The van der Waals surface area contributed by atoms with Gasteiger partial charge in [-0.1, -0.05) is 30.7 Å². The molecule has 0 bridgehead atoms. The quantitative estimate of drug-likeness (QED) is 0.300. The van der Waals surface area contributed by atoms with Crippen LogP contribution in [-0.2, 0) is 19.4 Å². The Morgan fingerprint density at radius 1 is 0.949 bits per heavy atom. The van der Waals surface area contributed by atoms with Gasteiger partial charge < -0.3 is 29.9 Å². The molecule has 2 atom stereocenters. The van der Waals surface area contributed by atoms with Crippen molar-refractivity contribution in [2.75, 3.05) is 38.3 Å². The molecule has 0 spiro atoms. The summed E-state index contributed by atoms with van der Waals surface area (Å²) in [5.74, 6) is 2.41. The number of rotatable bonds is 11. The standard InChI is InChI=1S/C33H42N2O4/c1-38-31-13-14-32(27-8-7-26-21-29(37)10-9-25(26)20-27)33(22-31)35(17-18-36)23-24-5-11-30(12-6-24)39-19-15-28-4-2-3-16-34-28/h5-6,9-14,21-22,27-28,34,36-37H,2-4,7-8,15-20,23H2,1H3/t27-,28?/m1/s1. The average Bonchev–Trinajstić information content (AvgIpc) is 2.98. The predicted octanol–water partition coefficient (Wildman–Crippen LogP) is 5.58. The van der Waals surface area contributed by atoms with Crippen LogP contribution in [0.2, 0.25) is 0 Å². The van der Waals surface area contributed by atoms with Gasteiger partial charge >= 0.3 is 0 Å². The van der Waals surface area contributed by atoms with Crippen LogP contribution in [0.1, 0.15) is 60.3 Å². The number of phenolic OH excluding ortho intramolecular Hbond substituents is 1. The van der Waals surface area contributed by atoms with Gasteiger partial charge in [0.05, 0.1) is 20.3 Å². The van der Waals surface area contributed by atoms with Gasteiger partial charge in [0.15, 0.2) is 0 Å². The number of anilines is 1. The number of aliphatic hydroxyl groups is 1. The van der Waals surface area contributed by atoms with E-state index in [1.165, 1.54) is 41.5 Å². The van der Waals surface area contributed by atoms with Crippen molar-refractivity contribution in [2.24, 2.45) is 0 Å². The Labute approximate surface area is 232 Å². The fourth-order valence-corrected chi connectivity index (χ4v) is 6.08. The van der Waals surface area contributed by atoms with E-state index in [0.717, 1.165) is 56.0 Å². The molecule has 39 heavy (non-hydrogen) atoms. The molecule has 3 aromatic rings. The first-order valence-electron chi connectivity index (χ1n) is 14.4. The van der Waals surface area contributed by atoms with E-state index in [2.05, 4.69) is 52.7 Å². The van der Waals surface area contributed by atoms with Crippen molar-refractivity contribution < 1.29 is 19.7 Å². The van der Waals surface area contributed by atoms with Crippen molar-refractivity contribution in [2.45, 2.75) is 63.5 Å². The van der Waals surface area contributed by atoms with E-state index >= 15 is 0 Å². The van der Waals surface area contributed by atoms with E-state index < -0.39 is 0 Å². The lowest BCUT2D eigenvalue weighted by Gasteiger charge is -2.32. The molecule has 1 saturated heterocycles. The summed E-state index contributed by atoms with van der Waals surface area (Å²) >= 11 is 0. The minimum absolute atomic E-state index is 0.0693. The van der Waals surface area contributed by atoms with Crippen LogP contribution in [0.3, 0.4) is 0 Å². The summed E-state index contributed by atoms with van der Waals surface area (Å²) in [5.41, 5.74) is 6.10. The number of aromatic hydroxyl groups is 1. The topological polar surface area (TPSA) is 74.2 Å². The minimum Gasteiger partial charge on any atom is -0.508 e. The van der Waals surface area contributed by atoms with Crippen molar-refractivity contribution in [3.63, 3.8) is 0 Å². The Morgan fingerprint density at radius 2 is 1.79 bits per heavy atom. The lowest BCUT2D eigenvalue weighted by atomic mass is 9.79. The summed E-state index contributed by atoms with van der Waals surface area (Å²) in [6, 6.07) is 21.0. The molecular weight excluding hydrogens is 488 g/mol. The van der Waals surface area contributed by atoms with E-state index in [0.29, 0.717) is 30.8 Å². The molecule has 6 nitrogen and oxygen atoms in total. The summed E-state index contributed by atoms with van der Waals surface area (Å²) in [4.78, 5) is 2.26. The molecule has 1 heterocycles. The third kappa shape index (κ3) is 7.06. The van der Waals surface area contributed by atoms with Gasteiger partial charge in [-0.3, -0.25) is 0 Å². The highest BCUT2D eigenvalue weighted by Crippen LogP contribution is 2.40. The molecule has 5 rings (SSSR count). The highest BCUT2D eigenvalue weighted by molar-refractivity contribution is 5.60. The maximum Gasteiger partial charge on any atom is 0.120 e. The van der Waals surface area contributed by atoms with Crippen LogP contribution in [0, 0.1) is 0 Å². The van der Waals surface area contributed by atoms with Crippen LogP contribution in [0.25, 0.3) is 0 Å². The molecular formula is C33H42N2O4. The van der Waals surface area contributed by atoms with Crippen molar-refractivity contribution in [1.82, 2.24) is 5.32 Å². The van der Waals surface area contributed by atoms with Gasteiger partial charge in [0, 0.05) is 30.9 Å². The number of methoxy groups -OCH3 is 1. The number of fused-ring (bicyclic) bond motifs is 1. The molecule has 1 fully saturated rings. The molecule has 3 N–H and O–H groups in total. The molecule has 0 saturated carbocycles. The van der Waals surface area contributed by atoms with Crippen LogP contribution in [0.15, 0.2) is 60.7 Å². The number of hydrogen-bond donors (Lipinski definition) is 3. The Bertz CT molecular complexity index is 1210. The molecule has 0 amide bonds. The fraction of sp³-hybridized carbons (Fsp3) is 0.455. The van der Waals surface area contributed by atoms with Crippen LogP contribution < -0.4 is 19.7 Å². The van der Waals surface area contributed by atoms with Gasteiger partial charge in [-0.05, 0) is 104 Å². The van der Waals surface area contributed by atoms with Crippen molar-refractivity contribution >= 4 is 5.69 Å². The second-order valence-electron chi connectivity index (χ2n) is 10.9. The zero-order valence-electron chi connectivity index (χ0n) is 23.1. The number of aryl methyl sites for hydroxylation is 1. The number of phenols is 1. The van der Waals surface area contributed by atoms with Crippen LogP contribution in [0.4, 0.5) is 5.69 Å². The zero-order valence-corrected chi connectivity index (χ0v) is 23.1. The second-order valence-corrected chi connectivity index (χ2v) is 10.9. The molecule has 6 heteroatoms. The molecule has 1 unspecified atom stereocenters. The number of aliphatic hydroxyl groups excluding tert-OH is 1. The number of benzene rings is 3. The molecule has 1 aliphatic carbocycles.